The van der Waals surface area contributed by atoms with E-state index in [-0.39, 0.29) is 0 Å². The van der Waals surface area contributed by atoms with Crippen LogP contribution in [-0.4, -0.2) is 9.11 Å². The summed E-state index contributed by atoms with van der Waals surface area (Å²) in [5, 5.41) is 0. The lowest BCUT2D eigenvalue weighted by Gasteiger charge is -2.12. The second-order valence-corrected chi connectivity index (χ2v) is 10.2. The van der Waals surface area contributed by atoms with Crippen LogP contribution >= 0.6 is 0 Å². The highest BCUT2D eigenvalue weighted by molar-refractivity contribution is 7.91. The topological polar surface area (TPSA) is 46.1 Å². The van der Waals surface area contributed by atoms with Crippen molar-refractivity contribution in [1.29, 1.82) is 0 Å². The third-order valence-electron chi connectivity index (χ3n) is 4.94. The molecule has 4 rings (SSSR count). The standard InChI is InChI=1S/C26H22O2S2/c1-19-3-11-23(12-4-19)29(27)25-15-7-21(8-16-25)22-9-17-26(18-10-22)30(28)24-13-5-20(2)6-14-24/h3-18H,1-2H3. The molecule has 0 N–H and O–H groups in total. The summed E-state index contributed by atoms with van der Waals surface area (Å²) in [5.41, 5.74) is 4.37. The molecule has 0 saturated heterocycles. The Kier molecular flexibility index (Phi) is 6.30. The van der Waals surface area contributed by atoms with Crippen molar-refractivity contribution >= 4 is 22.4 Å². The van der Waals surface area contributed by atoms with Crippen LogP contribution < -0.4 is 0 Å². The summed E-state index contributed by atoms with van der Waals surface area (Å²) in [6.45, 7) is 4.03. The average Bonchev–Trinajstić information content (AvgIpc) is 2.79. The highest BCUT2D eigenvalue weighted by atomic mass is 32.2. The van der Waals surface area contributed by atoms with E-state index in [0.29, 0.717) is 0 Å². The first-order chi connectivity index (χ1) is 14.5. The highest BCUT2D eigenvalue weighted by Crippen LogP contribution is 2.27. The van der Waals surface area contributed by atoms with Gasteiger partial charge in [-0.05, 0) is 97.8 Å². The molecule has 0 aromatic heterocycles. The van der Waals surface area contributed by atoms with Gasteiger partial charge in [-0.25, -0.2) is 0 Å². The van der Waals surface area contributed by atoms with E-state index in [2.05, 4.69) is 0 Å². The summed E-state index contributed by atoms with van der Waals surface area (Å²) in [7, 11) is 0. The van der Waals surface area contributed by atoms with Gasteiger partial charge in [-0.15, -0.1) is 0 Å². The van der Waals surface area contributed by atoms with Gasteiger partial charge in [0.05, 0.1) is 0 Å². The molecule has 0 fully saturated rings. The Labute approximate surface area is 184 Å². The van der Waals surface area contributed by atoms with Crippen LogP contribution in [0, 0.1) is 13.8 Å². The van der Waals surface area contributed by atoms with Crippen molar-refractivity contribution in [3.63, 3.8) is 0 Å². The Morgan fingerprint density at radius 1 is 0.400 bits per heavy atom. The molecule has 0 aliphatic rings. The fourth-order valence-corrected chi connectivity index (χ4v) is 5.22. The minimum atomic E-state index is -1.19. The van der Waals surface area contributed by atoms with Gasteiger partial charge in [-0.2, -0.15) is 0 Å². The van der Waals surface area contributed by atoms with Gasteiger partial charge in [0.25, 0.3) is 0 Å². The lowest BCUT2D eigenvalue weighted by molar-refractivity contribution is 0.594. The zero-order valence-electron chi connectivity index (χ0n) is 16.9. The quantitative estimate of drug-likeness (QED) is 0.349. The summed E-state index contributed by atoms with van der Waals surface area (Å²) in [6.07, 6.45) is 0. The molecular weight excluding hydrogens is 408 g/mol. The van der Waals surface area contributed by atoms with Gasteiger partial charge in [0.15, 0.2) is 19.6 Å². The van der Waals surface area contributed by atoms with Crippen molar-refractivity contribution in [2.75, 3.05) is 0 Å². The SMILES string of the molecule is Cc1ccc([S+]([O-])c2ccc(-c3ccc([S+]([O-])c4ccc(C)cc4)cc3)cc2)cc1. The lowest BCUT2D eigenvalue weighted by atomic mass is 10.1. The van der Waals surface area contributed by atoms with Crippen LogP contribution in [0.25, 0.3) is 11.1 Å². The van der Waals surface area contributed by atoms with E-state index in [1.807, 2.05) is 111 Å². The predicted molar refractivity (Wildman–Crippen MR) is 124 cm³/mol. The van der Waals surface area contributed by atoms with Crippen LogP contribution in [-0.2, 0) is 22.4 Å². The van der Waals surface area contributed by atoms with E-state index < -0.39 is 22.4 Å². The number of hydrogen-bond acceptors (Lipinski definition) is 2. The Hall–Kier alpha value is -2.50. The molecule has 0 aliphatic carbocycles. The first-order valence-electron chi connectivity index (χ1n) is 9.69. The van der Waals surface area contributed by atoms with Gasteiger partial charge in [-0.3, -0.25) is 0 Å². The first kappa shape index (κ1) is 20.8. The molecule has 4 aromatic carbocycles. The summed E-state index contributed by atoms with van der Waals surface area (Å²) in [5.74, 6) is 0. The zero-order valence-corrected chi connectivity index (χ0v) is 18.5. The molecule has 2 unspecified atom stereocenters. The Morgan fingerprint density at radius 3 is 0.900 bits per heavy atom. The monoisotopic (exact) mass is 430 g/mol. The average molecular weight is 431 g/mol. The van der Waals surface area contributed by atoms with Crippen molar-refractivity contribution < 1.29 is 9.11 Å². The second kappa shape index (κ2) is 9.11. The molecule has 30 heavy (non-hydrogen) atoms. The summed E-state index contributed by atoms with van der Waals surface area (Å²) >= 11 is -2.39. The Morgan fingerprint density at radius 2 is 0.633 bits per heavy atom. The van der Waals surface area contributed by atoms with Gasteiger partial charge < -0.3 is 9.11 Å². The van der Waals surface area contributed by atoms with Crippen LogP contribution in [0.5, 0.6) is 0 Å². The summed E-state index contributed by atoms with van der Waals surface area (Å²) in [6, 6.07) is 31.1. The molecule has 4 aromatic rings. The second-order valence-electron chi connectivity index (χ2n) is 7.21. The number of benzene rings is 4. The van der Waals surface area contributed by atoms with E-state index >= 15 is 0 Å². The van der Waals surface area contributed by atoms with Crippen LogP contribution in [0.15, 0.2) is 117 Å². The van der Waals surface area contributed by atoms with Gasteiger partial charge >= 0.3 is 0 Å². The smallest absolute Gasteiger partial charge is 0.158 e. The van der Waals surface area contributed by atoms with Crippen molar-refractivity contribution in [3.8, 4) is 11.1 Å². The maximum absolute atomic E-state index is 12.8. The van der Waals surface area contributed by atoms with Crippen LogP contribution in [0.4, 0.5) is 0 Å². The Balaban J connectivity index is 1.50. The van der Waals surface area contributed by atoms with Crippen molar-refractivity contribution in [1.82, 2.24) is 0 Å². The third kappa shape index (κ3) is 4.63. The van der Waals surface area contributed by atoms with E-state index in [9.17, 15) is 9.11 Å². The number of aryl methyl sites for hydroxylation is 2. The van der Waals surface area contributed by atoms with Crippen LogP contribution in [0.3, 0.4) is 0 Å². The molecule has 0 bridgehead atoms. The third-order valence-corrected chi connectivity index (χ3v) is 7.74. The van der Waals surface area contributed by atoms with Crippen LogP contribution in [0.2, 0.25) is 0 Å². The van der Waals surface area contributed by atoms with Gasteiger partial charge in [0.1, 0.15) is 0 Å². The number of hydrogen-bond donors (Lipinski definition) is 0. The fraction of sp³-hybridized carbons (Fsp3) is 0.0769. The Bertz CT molecular complexity index is 1010. The molecule has 2 atom stereocenters. The van der Waals surface area contributed by atoms with Gasteiger partial charge in [0.2, 0.25) is 0 Å². The molecule has 0 spiro atoms. The maximum atomic E-state index is 12.8. The summed E-state index contributed by atoms with van der Waals surface area (Å²) < 4.78 is 25.5. The minimum absolute atomic E-state index is 0.777. The molecular formula is C26H22O2S2. The van der Waals surface area contributed by atoms with Crippen molar-refractivity contribution in [3.05, 3.63) is 108 Å². The molecule has 0 saturated carbocycles. The molecule has 150 valence electrons. The maximum Gasteiger partial charge on any atom is 0.158 e. The molecule has 0 aliphatic heterocycles. The first-order valence-corrected chi connectivity index (χ1v) is 12.0. The van der Waals surface area contributed by atoms with Crippen LogP contribution in [0.1, 0.15) is 11.1 Å². The fourth-order valence-electron chi connectivity index (χ4n) is 3.14. The van der Waals surface area contributed by atoms with E-state index in [4.69, 9.17) is 0 Å². The largest absolute Gasteiger partial charge is 0.606 e. The molecule has 0 heterocycles. The molecule has 0 radical (unpaired) electrons. The van der Waals surface area contributed by atoms with E-state index in [0.717, 1.165) is 41.8 Å². The van der Waals surface area contributed by atoms with Crippen molar-refractivity contribution in [2.45, 2.75) is 33.4 Å². The van der Waals surface area contributed by atoms with E-state index in [1.165, 1.54) is 0 Å². The molecule has 0 amide bonds. The summed E-state index contributed by atoms with van der Waals surface area (Å²) in [4.78, 5) is 3.16. The van der Waals surface area contributed by atoms with Gasteiger partial charge in [0, 0.05) is 22.4 Å². The number of rotatable bonds is 5. The highest BCUT2D eigenvalue weighted by Gasteiger charge is 2.16. The van der Waals surface area contributed by atoms with Gasteiger partial charge in [-0.1, -0.05) is 35.4 Å². The van der Waals surface area contributed by atoms with Crippen molar-refractivity contribution in [2.24, 2.45) is 0 Å². The lowest BCUT2D eigenvalue weighted by Crippen LogP contribution is -2.02. The zero-order chi connectivity index (χ0) is 21.1. The molecule has 2 nitrogen and oxygen atoms in total. The minimum Gasteiger partial charge on any atom is -0.606 e. The predicted octanol–water partition coefficient (Wildman–Crippen LogP) is 6.30. The normalized spacial score (nSPS) is 13.1. The van der Waals surface area contributed by atoms with E-state index in [1.54, 1.807) is 0 Å². The molecule has 4 heteroatoms.